The van der Waals surface area contributed by atoms with Gasteiger partial charge in [-0.1, -0.05) is 0 Å². The topological polar surface area (TPSA) is 75.9 Å². The van der Waals surface area contributed by atoms with Crippen LogP contribution in [0, 0.1) is 6.92 Å². The summed E-state index contributed by atoms with van der Waals surface area (Å²) in [5.74, 6) is -0.104. The smallest absolute Gasteiger partial charge is 0.409 e. The number of imidazole rings is 1. The van der Waals surface area contributed by atoms with Crippen LogP contribution in [0.1, 0.15) is 35.8 Å². The van der Waals surface area contributed by atoms with Crippen molar-refractivity contribution in [2.75, 3.05) is 19.7 Å². The molecule has 2 amide bonds. The Morgan fingerprint density at radius 3 is 2.83 bits per heavy atom. The number of aryl methyl sites for hydroxylation is 1. The van der Waals surface area contributed by atoms with Crippen LogP contribution in [-0.4, -0.2) is 52.0 Å². The minimum absolute atomic E-state index is 0.0703. The molecular weight excluding hydrogens is 308 g/mol. The maximum atomic E-state index is 12.4. The molecule has 0 bridgehead atoms. The number of nitrogens with zero attached hydrogens (tertiary/aromatic N) is 3. The van der Waals surface area contributed by atoms with Crippen molar-refractivity contribution >= 4 is 17.6 Å². The Morgan fingerprint density at radius 1 is 1.38 bits per heavy atom. The Kier molecular flexibility index (Phi) is 4.69. The molecule has 3 rings (SSSR count). The van der Waals surface area contributed by atoms with Gasteiger partial charge in [-0.15, -0.1) is 0 Å². The molecular formula is C17H22N4O3. The van der Waals surface area contributed by atoms with Crippen molar-refractivity contribution in [2.24, 2.45) is 0 Å². The monoisotopic (exact) mass is 330 g/mol. The molecule has 2 aromatic heterocycles. The first-order valence-corrected chi connectivity index (χ1v) is 8.24. The molecule has 1 aliphatic rings. The summed E-state index contributed by atoms with van der Waals surface area (Å²) in [6.07, 6.45) is 4.95. The van der Waals surface area contributed by atoms with Crippen LogP contribution >= 0.6 is 0 Å². The molecule has 7 nitrogen and oxygen atoms in total. The molecule has 24 heavy (non-hydrogen) atoms. The summed E-state index contributed by atoms with van der Waals surface area (Å²) >= 11 is 0. The molecule has 0 radical (unpaired) electrons. The first kappa shape index (κ1) is 16.3. The van der Waals surface area contributed by atoms with E-state index in [-0.39, 0.29) is 18.0 Å². The van der Waals surface area contributed by atoms with E-state index < -0.39 is 0 Å². The number of hydrogen-bond acceptors (Lipinski definition) is 4. The number of nitrogens with one attached hydrogen (secondary N) is 1. The minimum Gasteiger partial charge on any atom is -0.450 e. The molecule has 1 fully saturated rings. The van der Waals surface area contributed by atoms with Crippen molar-refractivity contribution in [2.45, 2.75) is 32.7 Å². The molecule has 0 unspecified atom stereocenters. The maximum Gasteiger partial charge on any atom is 0.409 e. The second-order valence-electron chi connectivity index (χ2n) is 6.00. The number of carbonyl (C=O) groups excluding carboxylic acids is 2. The number of pyridine rings is 1. The van der Waals surface area contributed by atoms with Crippen LogP contribution < -0.4 is 5.32 Å². The summed E-state index contributed by atoms with van der Waals surface area (Å²) in [5.41, 5.74) is 2.28. The van der Waals surface area contributed by atoms with Crippen LogP contribution in [0.4, 0.5) is 4.79 Å². The van der Waals surface area contributed by atoms with E-state index in [9.17, 15) is 9.59 Å². The van der Waals surface area contributed by atoms with Crippen LogP contribution in [0.15, 0.2) is 24.5 Å². The van der Waals surface area contributed by atoms with E-state index in [0.717, 1.165) is 24.2 Å². The van der Waals surface area contributed by atoms with E-state index in [1.54, 1.807) is 24.0 Å². The van der Waals surface area contributed by atoms with Crippen LogP contribution in [0.3, 0.4) is 0 Å². The van der Waals surface area contributed by atoms with Gasteiger partial charge in [0.05, 0.1) is 12.3 Å². The number of hydrogen-bond donors (Lipinski definition) is 1. The second kappa shape index (κ2) is 6.90. The fourth-order valence-corrected chi connectivity index (χ4v) is 2.94. The lowest BCUT2D eigenvalue weighted by Gasteiger charge is -2.31. The summed E-state index contributed by atoms with van der Waals surface area (Å²) in [6, 6.07) is 3.65. The fraction of sp³-hybridized carbons (Fsp3) is 0.471. The standard InChI is InChI=1S/C17H22N4O3/c1-3-24-17(23)20-8-5-14(6-9-20)19-16(22)13-4-7-21-11-12(2)18-15(21)10-13/h4,7,10-11,14H,3,5-6,8-9H2,1-2H3,(H,19,22). The highest BCUT2D eigenvalue weighted by Crippen LogP contribution is 2.13. The molecule has 2 aromatic rings. The number of piperidine rings is 1. The number of carbonyl (C=O) groups is 2. The zero-order valence-corrected chi connectivity index (χ0v) is 14.0. The third-order valence-corrected chi connectivity index (χ3v) is 4.20. The van der Waals surface area contributed by atoms with Gasteiger partial charge in [-0.3, -0.25) is 4.79 Å². The lowest BCUT2D eigenvalue weighted by Crippen LogP contribution is -2.46. The van der Waals surface area contributed by atoms with Gasteiger partial charge >= 0.3 is 6.09 Å². The second-order valence-corrected chi connectivity index (χ2v) is 6.00. The van der Waals surface area contributed by atoms with E-state index in [1.165, 1.54) is 0 Å². The first-order valence-electron chi connectivity index (χ1n) is 8.24. The third-order valence-electron chi connectivity index (χ3n) is 4.20. The number of fused-ring (bicyclic) bond motifs is 1. The Hall–Kier alpha value is -2.57. The molecule has 128 valence electrons. The third kappa shape index (κ3) is 3.50. The number of amides is 2. The van der Waals surface area contributed by atoms with Crippen molar-refractivity contribution in [3.63, 3.8) is 0 Å². The summed E-state index contributed by atoms with van der Waals surface area (Å²) in [6.45, 7) is 5.29. The molecule has 3 heterocycles. The van der Waals surface area contributed by atoms with Crippen molar-refractivity contribution in [1.82, 2.24) is 19.6 Å². The van der Waals surface area contributed by atoms with Gasteiger partial charge in [0.15, 0.2) is 0 Å². The molecule has 1 saturated heterocycles. The predicted octanol–water partition coefficient (Wildman–Crippen LogP) is 1.99. The van der Waals surface area contributed by atoms with Crippen LogP contribution in [0.5, 0.6) is 0 Å². The Bertz CT molecular complexity index is 747. The van der Waals surface area contributed by atoms with Gasteiger partial charge < -0.3 is 19.4 Å². The Balaban J connectivity index is 1.58. The lowest BCUT2D eigenvalue weighted by atomic mass is 10.0. The van der Waals surface area contributed by atoms with Gasteiger partial charge in [0.25, 0.3) is 5.91 Å². The van der Waals surface area contributed by atoms with Crippen molar-refractivity contribution in [3.05, 3.63) is 35.8 Å². The molecule has 0 aromatic carbocycles. The average Bonchev–Trinajstić information content (AvgIpc) is 2.94. The van der Waals surface area contributed by atoms with E-state index in [0.29, 0.717) is 25.3 Å². The molecule has 0 atom stereocenters. The Labute approximate surface area is 140 Å². The summed E-state index contributed by atoms with van der Waals surface area (Å²) in [5, 5.41) is 3.04. The highest BCUT2D eigenvalue weighted by molar-refractivity contribution is 5.95. The quantitative estimate of drug-likeness (QED) is 0.934. The SMILES string of the molecule is CCOC(=O)N1CCC(NC(=O)c2ccn3cc(C)nc3c2)CC1. The number of aromatic nitrogens is 2. The summed E-state index contributed by atoms with van der Waals surface area (Å²) in [4.78, 5) is 30.2. The van der Waals surface area contributed by atoms with Crippen molar-refractivity contribution in [3.8, 4) is 0 Å². The molecule has 0 spiro atoms. The first-order chi connectivity index (χ1) is 11.6. The van der Waals surface area contributed by atoms with Crippen molar-refractivity contribution in [1.29, 1.82) is 0 Å². The fourth-order valence-electron chi connectivity index (χ4n) is 2.94. The van der Waals surface area contributed by atoms with Gasteiger partial charge in [0.1, 0.15) is 5.65 Å². The molecule has 0 aliphatic carbocycles. The highest BCUT2D eigenvalue weighted by Gasteiger charge is 2.24. The number of rotatable bonds is 3. The van der Waals surface area contributed by atoms with Crippen molar-refractivity contribution < 1.29 is 14.3 Å². The Morgan fingerprint density at radius 2 is 2.12 bits per heavy atom. The van der Waals surface area contributed by atoms with E-state index in [4.69, 9.17) is 4.74 Å². The van der Waals surface area contributed by atoms with Gasteiger partial charge in [0.2, 0.25) is 0 Å². The van der Waals surface area contributed by atoms with Gasteiger partial charge in [-0.2, -0.15) is 0 Å². The zero-order chi connectivity index (χ0) is 17.1. The average molecular weight is 330 g/mol. The van der Waals surface area contributed by atoms with Gasteiger partial charge in [-0.25, -0.2) is 9.78 Å². The molecule has 1 N–H and O–H groups in total. The molecule has 7 heteroatoms. The van der Waals surface area contributed by atoms with Crippen LogP contribution in [-0.2, 0) is 4.74 Å². The highest BCUT2D eigenvalue weighted by atomic mass is 16.6. The normalized spacial score (nSPS) is 15.5. The number of ether oxygens (including phenoxy) is 1. The lowest BCUT2D eigenvalue weighted by molar-refractivity contribution is 0.0860. The van der Waals surface area contributed by atoms with E-state index >= 15 is 0 Å². The van der Waals surface area contributed by atoms with Gasteiger partial charge in [0, 0.05) is 37.1 Å². The molecule has 1 aliphatic heterocycles. The summed E-state index contributed by atoms with van der Waals surface area (Å²) in [7, 11) is 0. The zero-order valence-electron chi connectivity index (χ0n) is 14.0. The largest absolute Gasteiger partial charge is 0.450 e. The van der Waals surface area contributed by atoms with Crippen LogP contribution in [0.25, 0.3) is 5.65 Å². The predicted molar refractivity (Wildman–Crippen MR) is 89.0 cm³/mol. The van der Waals surface area contributed by atoms with Gasteiger partial charge in [-0.05, 0) is 38.8 Å². The molecule has 0 saturated carbocycles. The summed E-state index contributed by atoms with van der Waals surface area (Å²) < 4.78 is 6.89. The van der Waals surface area contributed by atoms with E-state index in [1.807, 2.05) is 23.7 Å². The number of likely N-dealkylation sites (tertiary alicyclic amines) is 1. The van der Waals surface area contributed by atoms with Crippen LogP contribution in [0.2, 0.25) is 0 Å². The maximum absolute atomic E-state index is 12.4. The van der Waals surface area contributed by atoms with E-state index in [2.05, 4.69) is 10.3 Å². The minimum atomic E-state index is -0.276.